The maximum atomic E-state index is 13.1. The lowest BCUT2D eigenvalue weighted by molar-refractivity contribution is -0.137. The van der Waals surface area contributed by atoms with Gasteiger partial charge in [-0.3, -0.25) is 4.79 Å². The molecule has 2 heterocycles. The van der Waals surface area contributed by atoms with Gasteiger partial charge < -0.3 is 20.7 Å². The van der Waals surface area contributed by atoms with Crippen molar-refractivity contribution in [2.24, 2.45) is 5.92 Å². The molecule has 0 bridgehead atoms. The molecule has 3 aromatic rings. The smallest absolute Gasteiger partial charge is 0.225 e. The van der Waals surface area contributed by atoms with Crippen LogP contribution in [0.5, 0.6) is 0 Å². The van der Waals surface area contributed by atoms with Gasteiger partial charge in [-0.1, -0.05) is 12.1 Å². The highest BCUT2D eigenvalue weighted by molar-refractivity contribution is 5.90. The molecule has 196 valence electrons. The van der Waals surface area contributed by atoms with Gasteiger partial charge in [-0.15, -0.1) is 0 Å². The molecule has 2 aliphatic rings. The summed E-state index contributed by atoms with van der Waals surface area (Å²) in [5.41, 5.74) is 11.4. The number of nitrogens with zero attached hydrogens (tertiary/aromatic N) is 3. The van der Waals surface area contributed by atoms with Crippen LogP contribution in [0.3, 0.4) is 0 Å². The molecule has 0 spiro atoms. The van der Waals surface area contributed by atoms with Crippen LogP contribution in [0.4, 0.5) is 11.5 Å². The summed E-state index contributed by atoms with van der Waals surface area (Å²) in [6.45, 7) is 7.55. The number of aryl methyl sites for hydroxylation is 2. The van der Waals surface area contributed by atoms with Gasteiger partial charge in [0.05, 0.1) is 24.2 Å². The summed E-state index contributed by atoms with van der Waals surface area (Å²) in [7, 11) is 1.94. The Morgan fingerprint density at radius 1 is 1.08 bits per heavy atom. The Kier molecular flexibility index (Phi) is 7.33. The molecule has 1 saturated carbocycles. The zero-order chi connectivity index (χ0) is 26.1. The van der Waals surface area contributed by atoms with E-state index < -0.39 is 0 Å². The third-order valence-electron chi connectivity index (χ3n) is 8.16. The first-order chi connectivity index (χ1) is 17.8. The highest BCUT2D eigenvalue weighted by Crippen LogP contribution is 2.38. The number of rotatable bonds is 6. The predicted octanol–water partition coefficient (Wildman–Crippen LogP) is 5.52. The predicted molar refractivity (Wildman–Crippen MR) is 149 cm³/mol. The molecule has 5 rings (SSSR count). The molecule has 2 aromatic carbocycles. The fourth-order valence-corrected chi connectivity index (χ4v) is 5.98. The summed E-state index contributed by atoms with van der Waals surface area (Å²) < 4.78 is 5.49. The van der Waals surface area contributed by atoms with E-state index in [-0.39, 0.29) is 23.9 Å². The number of fused-ring (bicyclic) bond motifs is 1. The second-order valence-electron chi connectivity index (χ2n) is 11.0. The average Bonchev–Trinajstić information content (AvgIpc) is 3.42. The van der Waals surface area contributed by atoms with Gasteiger partial charge in [0.15, 0.2) is 0 Å². The average molecular weight is 502 g/mol. The largest absolute Gasteiger partial charge is 0.399 e. The van der Waals surface area contributed by atoms with Crippen LogP contribution in [0.15, 0.2) is 36.4 Å². The Morgan fingerprint density at radius 2 is 1.86 bits per heavy atom. The van der Waals surface area contributed by atoms with Crippen molar-refractivity contribution in [3.8, 4) is 0 Å². The molecule has 2 atom stereocenters. The van der Waals surface area contributed by atoms with E-state index in [1.165, 1.54) is 5.56 Å². The second-order valence-corrected chi connectivity index (χ2v) is 11.0. The second kappa shape index (κ2) is 10.7. The Hall–Kier alpha value is -3.19. The number of nitrogens with two attached hydrogens (primary N) is 1. The minimum atomic E-state index is 0.0482. The first-order valence-electron chi connectivity index (χ1n) is 13.5. The molecule has 1 saturated heterocycles. The third kappa shape index (κ3) is 5.57. The zero-order valence-electron chi connectivity index (χ0n) is 22.5. The number of anilines is 2. The molecule has 1 aliphatic carbocycles. The minimum absolute atomic E-state index is 0.0482. The molecular weight excluding hydrogens is 462 g/mol. The Labute approximate surface area is 219 Å². The summed E-state index contributed by atoms with van der Waals surface area (Å²) >= 11 is 0. The fourth-order valence-electron chi connectivity index (χ4n) is 5.98. The van der Waals surface area contributed by atoms with Crippen LogP contribution in [0, 0.1) is 19.8 Å². The van der Waals surface area contributed by atoms with E-state index in [4.69, 9.17) is 20.4 Å². The van der Waals surface area contributed by atoms with Gasteiger partial charge in [-0.2, -0.15) is 0 Å². The molecule has 7 nitrogen and oxygen atoms in total. The standard InChI is InChI=1S/C30H39N5O2/c1-18-13-24(15-25(31)14-18)19(2)32-29-27-16-23(9-10-28(27)33-20(3)34-29)21-5-7-22(8-6-21)30(36)35(4)26-11-12-37-17-26/h9-10,13-16,19,21-22,26H,5-8,11-12,17,31H2,1-4H3,(H,32,33,34)/t19-,21?,22?,26-/m1/s1. The quantitative estimate of drug-likeness (QED) is 0.432. The van der Waals surface area contributed by atoms with Gasteiger partial charge in [-0.25, -0.2) is 9.97 Å². The van der Waals surface area contributed by atoms with Gasteiger partial charge in [0.2, 0.25) is 5.91 Å². The summed E-state index contributed by atoms with van der Waals surface area (Å²) in [4.78, 5) is 24.5. The Balaban J connectivity index is 1.32. The summed E-state index contributed by atoms with van der Waals surface area (Å²) in [5, 5.41) is 4.66. The number of benzene rings is 2. The Bertz CT molecular complexity index is 1260. The van der Waals surface area contributed by atoms with Crippen LogP contribution in [-0.4, -0.2) is 47.1 Å². The number of aromatic nitrogens is 2. The van der Waals surface area contributed by atoms with Gasteiger partial charge in [0.1, 0.15) is 11.6 Å². The Morgan fingerprint density at radius 3 is 2.57 bits per heavy atom. The van der Waals surface area contributed by atoms with Crippen LogP contribution in [0.1, 0.15) is 73.5 Å². The number of amides is 1. The molecule has 37 heavy (non-hydrogen) atoms. The molecular formula is C30H39N5O2. The molecule has 2 fully saturated rings. The van der Waals surface area contributed by atoms with Crippen molar-refractivity contribution >= 4 is 28.3 Å². The first-order valence-corrected chi connectivity index (χ1v) is 13.5. The molecule has 7 heteroatoms. The molecule has 0 unspecified atom stereocenters. The van der Waals surface area contributed by atoms with Crippen LogP contribution >= 0.6 is 0 Å². The van der Waals surface area contributed by atoms with Crippen molar-refractivity contribution in [2.45, 2.75) is 70.9 Å². The number of nitrogen functional groups attached to an aromatic ring is 1. The lowest BCUT2D eigenvalue weighted by Gasteiger charge is -2.33. The number of hydrogen-bond donors (Lipinski definition) is 2. The monoisotopic (exact) mass is 501 g/mol. The fraction of sp³-hybridized carbons (Fsp3) is 0.500. The van der Waals surface area contributed by atoms with Crippen molar-refractivity contribution in [1.82, 2.24) is 14.9 Å². The number of likely N-dealkylation sites (N-methyl/N-ethyl adjacent to an activating group) is 1. The highest BCUT2D eigenvalue weighted by atomic mass is 16.5. The van der Waals surface area contributed by atoms with Crippen molar-refractivity contribution in [3.05, 3.63) is 58.9 Å². The lowest BCUT2D eigenvalue weighted by Crippen LogP contribution is -2.41. The number of ether oxygens (including phenoxy) is 1. The summed E-state index contributed by atoms with van der Waals surface area (Å²) in [6.07, 6.45) is 4.85. The summed E-state index contributed by atoms with van der Waals surface area (Å²) in [5.74, 6) is 2.44. The maximum absolute atomic E-state index is 13.1. The molecule has 1 amide bonds. The SMILES string of the molecule is Cc1cc(N)cc([C@@H](C)Nc2nc(C)nc3ccc(C4CCC(C(=O)N(C)[C@@H]5CCOC5)CC4)cc23)c1. The van der Waals surface area contributed by atoms with Crippen LogP contribution in [0.25, 0.3) is 10.9 Å². The zero-order valence-corrected chi connectivity index (χ0v) is 22.5. The van der Waals surface area contributed by atoms with E-state index in [1.807, 2.05) is 31.0 Å². The first kappa shape index (κ1) is 25.5. The van der Waals surface area contributed by atoms with Gasteiger partial charge >= 0.3 is 0 Å². The topological polar surface area (TPSA) is 93.4 Å². The lowest BCUT2D eigenvalue weighted by atomic mass is 9.78. The van der Waals surface area contributed by atoms with Crippen LogP contribution in [0.2, 0.25) is 0 Å². The van der Waals surface area contributed by atoms with E-state index in [2.05, 4.69) is 43.4 Å². The highest BCUT2D eigenvalue weighted by Gasteiger charge is 2.32. The number of hydrogen-bond acceptors (Lipinski definition) is 6. The molecule has 0 radical (unpaired) electrons. The normalized spacial score (nSPS) is 22.6. The van der Waals surface area contributed by atoms with Gasteiger partial charge in [0, 0.05) is 30.6 Å². The molecule has 3 N–H and O–H groups in total. The van der Waals surface area contributed by atoms with Gasteiger partial charge in [0.25, 0.3) is 0 Å². The number of carbonyl (C=O) groups is 1. The molecule has 1 aromatic heterocycles. The van der Waals surface area contributed by atoms with Crippen molar-refractivity contribution in [1.29, 1.82) is 0 Å². The van der Waals surface area contributed by atoms with Crippen molar-refractivity contribution in [3.63, 3.8) is 0 Å². The number of nitrogens with one attached hydrogen (secondary N) is 1. The molecule has 1 aliphatic heterocycles. The third-order valence-corrected chi connectivity index (χ3v) is 8.16. The van der Waals surface area contributed by atoms with Gasteiger partial charge in [-0.05, 0) is 99.7 Å². The summed E-state index contributed by atoms with van der Waals surface area (Å²) in [6, 6.07) is 13.0. The minimum Gasteiger partial charge on any atom is -0.399 e. The van der Waals surface area contributed by atoms with Crippen molar-refractivity contribution < 1.29 is 9.53 Å². The van der Waals surface area contributed by atoms with E-state index in [0.717, 1.165) is 78.1 Å². The van der Waals surface area contributed by atoms with E-state index in [0.29, 0.717) is 12.5 Å². The van der Waals surface area contributed by atoms with Crippen LogP contribution < -0.4 is 11.1 Å². The van der Waals surface area contributed by atoms with Crippen LogP contribution in [-0.2, 0) is 9.53 Å². The van der Waals surface area contributed by atoms with Crippen molar-refractivity contribution in [2.75, 3.05) is 31.3 Å². The van der Waals surface area contributed by atoms with E-state index >= 15 is 0 Å². The number of carbonyl (C=O) groups excluding carboxylic acids is 1. The van der Waals surface area contributed by atoms with E-state index in [9.17, 15) is 4.79 Å². The van der Waals surface area contributed by atoms with E-state index in [1.54, 1.807) is 0 Å². The maximum Gasteiger partial charge on any atom is 0.225 e.